The maximum atomic E-state index is 5.13. The zero-order chi connectivity index (χ0) is 10.1. The van der Waals surface area contributed by atoms with Crippen molar-refractivity contribution in [3.63, 3.8) is 0 Å². The van der Waals surface area contributed by atoms with Crippen LogP contribution in [0.1, 0.15) is 10.4 Å². The van der Waals surface area contributed by atoms with Crippen LogP contribution >= 0.6 is 23.6 Å². The summed E-state index contributed by atoms with van der Waals surface area (Å²) in [6.07, 6.45) is 1.65. The Hall–Kier alpha value is -1.00. The topological polar surface area (TPSA) is 28.7 Å². The van der Waals surface area contributed by atoms with Crippen LogP contribution in [0.15, 0.2) is 17.8 Å². The van der Waals surface area contributed by atoms with Crippen LogP contribution in [-0.4, -0.2) is 9.97 Å². The Morgan fingerprint density at radius 2 is 2.21 bits per heavy atom. The van der Waals surface area contributed by atoms with Gasteiger partial charge in [0.25, 0.3) is 0 Å². The van der Waals surface area contributed by atoms with Crippen LogP contribution in [0.4, 0.5) is 0 Å². The molecule has 0 atom stereocenters. The molecule has 1 N–H and O–H groups in total. The number of hydrogen-bond acceptors (Lipinski definition) is 3. The number of hydrogen-bond donors (Lipinski definition) is 1. The van der Waals surface area contributed by atoms with Gasteiger partial charge in [0.1, 0.15) is 4.64 Å². The number of nitrogens with zero attached hydrogens (tertiary/aromatic N) is 1. The smallest absolute Gasteiger partial charge is 0.132 e. The van der Waals surface area contributed by atoms with Crippen LogP contribution in [0.25, 0.3) is 11.3 Å². The highest BCUT2D eigenvalue weighted by molar-refractivity contribution is 7.71. The van der Waals surface area contributed by atoms with Crippen molar-refractivity contribution in [2.24, 2.45) is 0 Å². The first kappa shape index (κ1) is 9.55. The van der Waals surface area contributed by atoms with Gasteiger partial charge in [0.2, 0.25) is 0 Å². The van der Waals surface area contributed by atoms with Gasteiger partial charge >= 0.3 is 0 Å². The lowest BCUT2D eigenvalue weighted by Crippen LogP contribution is -1.91. The molecule has 0 aliphatic carbocycles. The minimum absolute atomic E-state index is 0.671. The normalized spacial score (nSPS) is 10.4. The summed E-state index contributed by atoms with van der Waals surface area (Å²) in [5, 5.41) is 2.08. The molecule has 0 amide bonds. The van der Waals surface area contributed by atoms with E-state index in [1.807, 2.05) is 6.92 Å². The van der Waals surface area contributed by atoms with Crippen LogP contribution in [-0.2, 0) is 0 Å². The van der Waals surface area contributed by atoms with Gasteiger partial charge in [-0.25, -0.2) is 4.98 Å². The number of thiophene rings is 1. The van der Waals surface area contributed by atoms with E-state index in [9.17, 15) is 0 Å². The summed E-state index contributed by atoms with van der Waals surface area (Å²) in [6.45, 7) is 4.11. The lowest BCUT2D eigenvalue weighted by atomic mass is 10.1. The fourth-order valence-corrected chi connectivity index (χ4v) is 2.25. The molecule has 14 heavy (non-hydrogen) atoms. The molecule has 0 radical (unpaired) electrons. The fourth-order valence-electron chi connectivity index (χ4n) is 1.39. The van der Waals surface area contributed by atoms with Crippen molar-refractivity contribution < 1.29 is 0 Å². The van der Waals surface area contributed by atoms with E-state index in [1.54, 1.807) is 17.7 Å². The van der Waals surface area contributed by atoms with Gasteiger partial charge < -0.3 is 4.98 Å². The second-order valence-electron chi connectivity index (χ2n) is 3.10. The summed E-state index contributed by atoms with van der Waals surface area (Å²) >= 11 is 6.87. The molecular formula is C10H10N2S2. The molecule has 0 bridgehead atoms. The van der Waals surface area contributed by atoms with E-state index in [4.69, 9.17) is 12.2 Å². The van der Waals surface area contributed by atoms with E-state index in [0.29, 0.717) is 4.64 Å². The van der Waals surface area contributed by atoms with E-state index in [0.717, 1.165) is 11.3 Å². The molecule has 4 heteroatoms. The van der Waals surface area contributed by atoms with Crippen LogP contribution in [0.5, 0.6) is 0 Å². The van der Waals surface area contributed by atoms with Crippen molar-refractivity contribution >= 4 is 23.6 Å². The molecule has 0 saturated carbocycles. The van der Waals surface area contributed by atoms with Crippen LogP contribution < -0.4 is 0 Å². The van der Waals surface area contributed by atoms with E-state index in [-0.39, 0.29) is 0 Å². The van der Waals surface area contributed by atoms with Crippen LogP contribution in [0, 0.1) is 18.5 Å². The van der Waals surface area contributed by atoms with Gasteiger partial charge in [0.15, 0.2) is 0 Å². The first-order valence-electron chi connectivity index (χ1n) is 4.29. The van der Waals surface area contributed by atoms with Gasteiger partial charge in [-0.3, -0.25) is 0 Å². The van der Waals surface area contributed by atoms with Crippen molar-refractivity contribution in [2.45, 2.75) is 13.8 Å². The zero-order valence-electron chi connectivity index (χ0n) is 8.00. The van der Waals surface area contributed by atoms with Gasteiger partial charge in [-0.05, 0) is 25.3 Å². The molecule has 0 fully saturated rings. The second-order valence-corrected chi connectivity index (χ2v) is 4.61. The standard InChI is InChI=1S/C10H10N2S2/c1-6-9(11-5-12-10(6)13)8-3-4-14-7(8)2/h3-5H,1-2H3,(H,11,12,13). The van der Waals surface area contributed by atoms with Crippen LogP contribution in [0.3, 0.4) is 0 Å². The SMILES string of the molecule is Cc1sccc1-c1[nH]cnc(=S)c1C. The lowest BCUT2D eigenvalue weighted by Gasteiger charge is -2.04. The number of rotatable bonds is 1. The molecule has 72 valence electrons. The van der Waals surface area contributed by atoms with E-state index < -0.39 is 0 Å². The average molecular weight is 222 g/mol. The fraction of sp³-hybridized carbons (Fsp3) is 0.200. The third kappa shape index (κ3) is 1.51. The maximum Gasteiger partial charge on any atom is 0.132 e. The van der Waals surface area contributed by atoms with Crippen LogP contribution in [0.2, 0.25) is 0 Å². The minimum atomic E-state index is 0.671. The van der Waals surface area contributed by atoms with Gasteiger partial charge in [-0.15, -0.1) is 11.3 Å². The highest BCUT2D eigenvalue weighted by Gasteiger charge is 2.07. The Morgan fingerprint density at radius 3 is 2.86 bits per heavy atom. The Morgan fingerprint density at radius 1 is 1.43 bits per heavy atom. The zero-order valence-corrected chi connectivity index (χ0v) is 9.63. The van der Waals surface area contributed by atoms with Crippen molar-refractivity contribution in [1.82, 2.24) is 9.97 Å². The monoisotopic (exact) mass is 222 g/mol. The Balaban J connectivity index is 2.69. The minimum Gasteiger partial charge on any atom is -0.346 e. The largest absolute Gasteiger partial charge is 0.346 e. The molecule has 0 unspecified atom stereocenters. The molecule has 0 spiro atoms. The molecule has 2 nitrogen and oxygen atoms in total. The number of nitrogens with one attached hydrogen (secondary N) is 1. The average Bonchev–Trinajstić information content (AvgIpc) is 2.57. The predicted octanol–water partition coefficient (Wildman–Crippen LogP) is 3.48. The summed E-state index contributed by atoms with van der Waals surface area (Å²) in [6, 6.07) is 2.10. The number of aromatic nitrogens is 2. The molecule has 2 rings (SSSR count). The van der Waals surface area contributed by atoms with Crippen molar-refractivity contribution in [3.8, 4) is 11.3 Å². The molecule has 0 aliphatic heterocycles. The Labute approximate surface area is 91.7 Å². The summed E-state index contributed by atoms with van der Waals surface area (Å²) in [7, 11) is 0. The second kappa shape index (κ2) is 3.63. The number of aromatic amines is 1. The first-order chi connectivity index (χ1) is 6.70. The van der Waals surface area contributed by atoms with E-state index in [1.165, 1.54) is 10.4 Å². The molecule has 2 heterocycles. The van der Waals surface area contributed by atoms with Gasteiger partial charge in [0.05, 0.1) is 12.0 Å². The van der Waals surface area contributed by atoms with Crippen molar-refractivity contribution in [3.05, 3.63) is 32.9 Å². The molecule has 0 aromatic carbocycles. The molecule has 2 aromatic heterocycles. The lowest BCUT2D eigenvalue weighted by molar-refractivity contribution is 1.12. The highest BCUT2D eigenvalue weighted by atomic mass is 32.1. The molecular weight excluding hydrogens is 212 g/mol. The van der Waals surface area contributed by atoms with Crippen molar-refractivity contribution in [2.75, 3.05) is 0 Å². The first-order valence-corrected chi connectivity index (χ1v) is 5.57. The molecule has 0 aliphatic rings. The number of aryl methyl sites for hydroxylation is 1. The third-order valence-corrected chi connectivity index (χ3v) is 3.47. The Kier molecular flexibility index (Phi) is 2.48. The van der Waals surface area contributed by atoms with E-state index >= 15 is 0 Å². The highest BCUT2D eigenvalue weighted by Crippen LogP contribution is 2.27. The predicted molar refractivity (Wildman–Crippen MR) is 62.2 cm³/mol. The Bertz CT molecular complexity index is 511. The molecule has 2 aromatic rings. The van der Waals surface area contributed by atoms with Gasteiger partial charge in [-0.1, -0.05) is 12.2 Å². The van der Waals surface area contributed by atoms with Gasteiger partial charge in [0, 0.05) is 16.0 Å². The maximum absolute atomic E-state index is 5.13. The van der Waals surface area contributed by atoms with Crippen molar-refractivity contribution in [1.29, 1.82) is 0 Å². The quantitative estimate of drug-likeness (QED) is 0.748. The third-order valence-electron chi connectivity index (χ3n) is 2.21. The molecule has 0 saturated heterocycles. The summed E-state index contributed by atoms with van der Waals surface area (Å²) in [4.78, 5) is 8.49. The number of H-pyrrole nitrogens is 1. The summed E-state index contributed by atoms with van der Waals surface area (Å²) < 4.78 is 0.671. The summed E-state index contributed by atoms with van der Waals surface area (Å²) in [5.41, 5.74) is 3.36. The summed E-state index contributed by atoms with van der Waals surface area (Å²) in [5.74, 6) is 0. The van der Waals surface area contributed by atoms with E-state index in [2.05, 4.69) is 28.3 Å². The van der Waals surface area contributed by atoms with Gasteiger partial charge in [-0.2, -0.15) is 0 Å².